The highest BCUT2D eigenvalue weighted by Gasteiger charge is 2.11. The van der Waals surface area contributed by atoms with Gasteiger partial charge in [-0.05, 0) is 53.5 Å². The number of anilines is 1. The smallest absolute Gasteiger partial charge is 0.137 e. The molecule has 0 bridgehead atoms. The van der Waals surface area contributed by atoms with Crippen LogP contribution in [0.15, 0.2) is 22.0 Å². The molecule has 0 fully saturated rings. The summed E-state index contributed by atoms with van der Waals surface area (Å²) >= 11 is 10.3. The summed E-state index contributed by atoms with van der Waals surface area (Å²) < 4.78 is 1.12. The Hall–Kier alpha value is -0.980. The van der Waals surface area contributed by atoms with Gasteiger partial charge in [-0.15, -0.1) is 11.3 Å². The third-order valence-corrected chi connectivity index (χ3v) is 4.48. The summed E-state index contributed by atoms with van der Waals surface area (Å²) in [6, 6.07) is 6.09. The molecule has 0 aliphatic rings. The van der Waals surface area contributed by atoms with Gasteiger partial charge in [0.25, 0.3) is 0 Å². The minimum absolute atomic E-state index is 0.375. The van der Waals surface area contributed by atoms with E-state index in [4.69, 9.17) is 18.0 Å². The number of pyridine rings is 1. The van der Waals surface area contributed by atoms with Crippen molar-refractivity contribution in [3.8, 4) is 0 Å². The quantitative estimate of drug-likeness (QED) is 0.819. The van der Waals surface area contributed by atoms with Gasteiger partial charge >= 0.3 is 0 Å². The van der Waals surface area contributed by atoms with E-state index < -0.39 is 0 Å². The van der Waals surface area contributed by atoms with Crippen LogP contribution < -0.4 is 11.1 Å². The van der Waals surface area contributed by atoms with Gasteiger partial charge in [0.1, 0.15) is 10.8 Å². The van der Waals surface area contributed by atoms with Crippen LogP contribution in [0.5, 0.6) is 0 Å². The molecule has 0 atom stereocenters. The highest BCUT2D eigenvalue weighted by atomic mass is 79.9. The minimum Gasteiger partial charge on any atom is -0.389 e. The summed E-state index contributed by atoms with van der Waals surface area (Å²) in [6.07, 6.45) is 0. The predicted molar refractivity (Wildman–Crippen MR) is 88.9 cm³/mol. The van der Waals surface area contributed by atoms with Crippen molar-refractivity contribution in [2.75, 3.05) is 5.32 Å². The lowest BCUT2D eigenvalue weighted by molar-refractivity contribution is 1.09. The normalized spacial score (nSPS) is 10.5. The Morgan fingerprint density at radius 1 is 1.47 bits per heavy atom. The van der Waals surface area contributed by atoms with Crippen molar-refractivity contribution >= 4 is 50.3 Å². The van der Waals surface area contributed by atoms with Gasteiger partial charge in [-0.25, -0.2) is 4.98 Å². The molecule has 0 saturated carbocycles. The molecule has 0 aliphatic carbocycles. The van der Waals surface area contributed by atoms with Crippen LogP contribution >= 0.6 is 39.5 Å². The number of aromatic nitrogens is 1. The Kier molecular flexibility index (Phi) is 4.54. The van der Waals surface area contributed by atoms with Crippen LogP contribution in [0.25, 0.3) is 0 Å². The predicted octanol–water partition coefficient (Wildman–Crippen LogP) is 3.77. The van der Waals surface area contributed by atoms with Gasteiger partial charge < -0.3 is 11.1 Å². The fourth-order valence-corrected chi connectivity index (χ4v) is 3.57. The number of rotatable bonds is 4. The molecule has 6 heteroatoms. The van der Waals surface area contributed by atoms with E-state index in [1.807, 2.05) is 26.0 Å². The topological polar surface area (TPSA) is 50.9 Å². The molecule has 3 N–H and O–H groups in total. The van der Waals surface area contributed by atoms with Gasteiger partial charge in [0, 0.05) is 10.6 Å². The van der Waals surface area contributed by atoms with E-state index in [1.165, 1.54) is 4.88 Å². The Morgan fingerprint density at radius 3 is 2.79 bits per heavy atom. The molecule has 0 aliphatic heterocycles. The number of halogens is 1. The van der Waals surface area contributed by atoms with E-state index in [1.54, 1.807) is 11.3 Å². The van der Waals surface area contributed by atoms with Crippen molar-refractivity contribution in [3.63, 3.8) is 0 Å². The first kappa shape index (κ1) is 14.4. The van der Waals surface area contributed by atoms with Crippen molar-refractivity contribution in [1.82, 2.24) is 4.98 Å². The number of nitrogens with one attached hydrogen (secondary N) is 1. The summed E-state index contributed by atoms with van der Waals surface area (Å²) in [5, 5.41) is 3.32. The number of aryl methyl sites for hydroxylation is 2. The molecule has 2 aromatic heterocycles. The van der Waals surface area contributed by atoms with Gasteiger partial charge in [0.2, 0.25) is 0 Å². The van der Waals surface area contributed by atoms with Gasteiger partial charge in [-0.3, -0.25) is 0 Å². The standard InChI is InChI=1S/C13H14BrN3S2/c1-7-5-8(2)17-13(11(7)12(15)18)16-6-9-3-4-10(14)19-9/h3-5H,6H2,1-2H3,(H2,15,18)(H,16,17). The van der Waals surface area contributed by atoms with Crippen molar-refractivity contribution in [2.24, 2.45) is 5.73 Å². The molecule has 0 radical (unpaired) electrons. The number of thiophene rings is 1. The first-order valence-corrected chi connectivity index (χ1v) is 7.75. The lowest BCUT2D eigenvalue weighted by atomic mass is 10.1. The van der Waals surface area contributed by atoms with Crippen molar-refractivity contribution in [1.29, 1.82) is 0 Å². The maximum absolute atomic E-state index is 5.79. The number of thiocarbonyl (C=S) groups is 1. The number of nitrogens with zero attached hydrogens (tertiary/aromatic N) is 1. The van der Waals surface area contributed by atoms with Crippen LogP contribution in [0.4, 0.5) is 5.82 Å². The SMILES string of the molecule is Cc1cc(C)c(C(N)=S)c(NCc2ccc(Br)s2)n1. The van der Waals surface area contributed by atoms with Gasteiger partial charge in [0.15, 0.2) is 0 Å². The molecule has 2 rings (SSSR count). The van der Waals surface area contributed by atoms with Gasteiger partial charge in [-0.2, -0.15) is 0 Å². The Bertz CT molecular complexity index is 622. The molecule has 2 heterocycles. The van der Waals surface area contributed by atoms with Crippen molar-refractivity contribution in [2.45, 2.75) is 20.4 Å². The molecule has 2 aromatic rings. The molecule has 0 spiro atoms. The molecule has 0 saturated heterocycles. The zero-order chi connectivity index (χ0) is 14.0. The van der Waals surface area contributed by atoms with Gasteiger partial charge in [-0.1, -0.05) is 12.2 Å². The van der Waals surface area contributed by atoms with E-state index in [2.05, 4.69) is 32.3 Å². The lowest BCUT2D eigenvalue weighted by Gasteiger charge is -2.13. The molecular weight excluding hydrogens is 342 g/mol. The van der Waals surface area contributed by atoms with Crippen LogP contribution in [-0.4, -0.2) is 9.97 Å². The average Bonchev–Trinajstić information content (AvgIpc) is 2.71. The van der Waals surface area contributed by atoms with Crippen LogP contribution in [0.2, 0.25) is 0 Å². The molecule has 0 unspecified atom stereocenters. The Morgan fingerprint density at radius 2 is 2.21 bits per heavy atom. The van der Waals surface area contributed by atoms with E-state index in [0.717, 1.165) is 26.4 Å². The minimum atomic E-state index is 0.375. The summed E-state index contributed by atoms with van der Waals surface area (Å²) in [5.74, 6) is 0.759. The number of hydrogen-bond donors (Lipinski definition) is 2. The lowest BCUT2D eigenvalue weighted by Crippen LogP contribution is -2.16. The molecule has 3 nitrogen and oxygen atoms in total. The zero-order valence-corrected chi connectivity index (χ0v) is 13.9. The molecule has 0 aromatic carbocycles. The summed E-state index contributed by atoms with van der Waals surface area (Å²) in [6.45, 7) is 4.67. The fourth-order valence-electron chi connectivity index (χ4n) is 1.89. The number of nitrogens with two attached hydrogens (primary N) is 1. The Balaban J connectivity index is 2.26. The molecule has 19 heavy (non-hydrogen) atoms. The van der Waals surface area contributed by atoms with E-state index in [9.17, 15) is 0 Å². The van der Waals surface area contributed by atoms with Crippen LogP contribution in [0.1, 0.15) is 21.7 Å². The second kappa shape index (κ2) is 5.98. The van der Waals surface area contributed by atoms with Crippen LogP contribution in [-0.2, 0) is 6.54 Å². The molecule has 0 amide bonds. The highest BCUT2D eigenvalue weighted by Crippen LogP contribution is 2.24. The Labute approximate surface area is 130 Å². The third kappa shape index (κ3) is 3.52. The van der Waals surface area contributed by atoms with E-state index in [0.29, 0.717) is 11.5 Å². The summed E-state index contributed by atoms with van der Waals surface area (Å²) in [7, 11) is 0. The fraction of sp³-hybridized carbons (Fsp3) is 0.231. The van der Waals surface area contributed by atoms with E-state index >= 15 is 0 Å². The summed E-state index contributed by atoms with van der Waals surface area (Å²) in [4.78, 5) is 6.09. The number of hydrogen-bond acceptors (Lipinski definition) is 4. The van der Waals surface area contributed by atoms with Crippen LogP contribution in [0, 0.1) is 13.8 Å². The van der Waals surface area contributed by atoms with Crippen molar-refractivity contribution in [3.05, 3.63) is 43.7 Å². The second-order valence-corrected chi connectivity index (χ2v) is 7.22. The highest BCUT2D eigenvalue weighted by molar-refractivity contribution is 9.11. The maximum atomic E-state index is 5.79. The second-order valence-electron chi connectivity index (χ2n) is 4.23. The van der Waals surface area contributed by atoms with Crippen molar-refractivity contribution < 1.29 is 0 Å². The largest absolute Gasteiger partial charge is 0.389 e. The first-order valence-electron chi connectivity index (χ1n) is 5.73. The van der Waals surface area contributed by atoms with E-state index in [-0.39, 0.29) is 0 Å². The zero-order valence-electron chi connectivity index (χ0n) is 10.7. The molecule has 100 valence electrons. The third-order valence-electron chi connectivity index (χ3n) is 2.65. The van der Waals surface area contributed by atoms with Gasteiger partial charge in [0.05, 0.1) is 15.9 Å². The summed E-state index contributed by atoms with van der Waals surface area (Å²) in [5.41, 5.74) is 8.62. The maximum Gasteiger partial charge on any atom is 0.137 e. The molecular formula is C13H14BrN3S2. The first-order chi connectivity index (χ1) is 8.97. The average molecular weight is 356 g/mol. The van der Waals surface area contributed by atoms with Crippen LogP contribution in [0.3, 0.4) is 0 Å². The monoisotopic (exact) mass is 355 g/mol.